The van der Waals surface area contributed by atoms with Crippen LogP contribution in [0.15, 0.2) is 36.5 Å². The predicted molar refractivity (Wildman–Crippen MR) is 75.7 cm³/mol. The van der Waals surface area contributed by atoms with Gasteiger partial charge in [-0.15, -0.1) is 0 Å². The summed E-state index contributed by atoms with van der Waals surface area (Å²) in [5, 5.41) is 2.45. The van der Waals surface area contributed by atoms with E-state index in [-0.39, 0.29) is 5.54 Å². The summed E-state index contributed by atoms with van der Waals surface area (Å²) in [7, 11) is 0. The summed E-state index contributed by atoms with van der Waals surface area (Å²) in [4.78, 5) is 6.80. The molecular weight excluding hydrogens is 222 g/mol. The molecule has 2 aromatic rings. The molecule has 1 aromatic heterocycles. The number of anilines is 1. The van der Waals surface area contributed by atoms with Gasteiger partial charge in [0.25, 0.3) is 0 Å². The molecule has 1 aliphatic heterocycles. The largest absolute Gasteiger partial charge is 0.352 e. The van der Waals surface area contributed by atoms with Crippen molar-refractivity contribution in [2.75, 3.05) is 18.0 Å². The van der Waals surface area contributed by atoms with E-state index in [4.69, 9.17) is 5.73 Å². The summed E-state index contributed by atoms with van der Waals surface area (Å²) >= 11 is 0. The van der Waals surface area contributed by atoms with E-state index in [1.165, 1.54) is 10.8 Å². The maximum absolute atomic E-state index is 6.35. The highest BCUT2D eigenvalue weighted by molar-refractivity contribution is 5.92. The molecule has 94 valence electrons. The first-order valence-corrected chi connectivity index (χ1v) is 6.48. The minimum atomic E-state index is -0.0569. The lowest BCUT2D eigenvalue weighted by atomic mass is 9.80. The molecule has 18 heavy (non-hydrogen) atoms. The van der Waals surface area contributed by atoms with Crippen LogP contribution in [0.4, 0.5) is 5.82 Å². The lowest BCUT2D eigenvalue weighted by molar-refractivity contribution is 0.244. The van der Waals surface area contributed by atoms with Crippen molar-refractivity contribution in [1.82, 2.24) is 4.98 Å². The average molecular weight is 241 g/mol. The third-order valence-electron chi connectivity index (χ3n) is 4.07. The molecule has 0 spiro atoms. The fourth-order valence-corrected chi connectivity index (χ4v) is 2.53. The maximum Gasteiger partial charge on any atom is 0.136 e. The van der Waals surface area contributed by atoms with Crippen LogP contribution in [0, 0.1) is 5.92 Å². The van der Waals surface area contributed by atoms with Crippen molar-refractivity contribution in [3.05, 3.63) is 36.5 Å². The van der Waals surface area contributed by atoms with Gasteiger partial charge in [0.15, 0.2) is 0 Å². The molecule has 2 N–H and O–H groups in total. The summed E-state index contributed by atoms with van der Waals surface area (Å²) in [5.41, 5.74) is 6.29. The summed E-state index contributed by atoms with van der Waals surface area (Å²) in [6.07, 6.45) is 1.88. The van der Waals surface area contributed by atoms with E-state index in [0.29, 0.717) is 5.92 Å². The standard InChI is InChI=1S/C15H19N3/c1-11(2)15(16)9-18(10-15)14-13-6-4-3-5-12(13)7-8-17-14/h3-8,11H,9-10,16H2,1-2H3. The van der Waals surface area contributed by atoms with Crippen LogP contribution in [-0.2, 0) is 0 Å². The van der Waals surface area contributed by atoms with Crippen LogP contribution < -0.4 is 10.6 Å². The van der Waals surface area contributed by atoms with Crippen LogP contribution in [0.1, 0.15) is 13.8 Å². The predicted octanol–water partition coefficient (Wildman–Crippen LogP) is 2.41. The molecule has 0 aliphatic carbocycles. The maximum atomic E-state index is 6.35. The second-order valence-electron chi connectivity index (χ2n) is 5.60. The second-order valence-corrected chi connectivity index (χ2v) is 5.60. The normalized spacial score (nSPS) is 18.1. The molecule has 0 atom stereocenters. The van der Waals surface area contributed by atoms with Gasteiger partial charge in [-0.2, -0.15) is 0 Å². The van der Waals surface area contributed by atoms with Crippen LogP contribution in [-0.4, -0.2) is 23.6 Å². The lowest BCUT2D eigenvalue weighted by Crippen LogP contribution is -2.70. The van der Waals surface area contributed by atoms with Gasteiger partial charge in [-0.05, 0) is 17.4 Å². The Kier molecular flexibility index (Phi) is 2.52. The molecule has 1 fully saturated rings. The van der Waals surface area contributed by atoms with Gasteiger partial charge in [0, 0.05) is 24.7 Å². The van der Waals surface area contributed by atoms with Gasteiger partial charge in [0.2, 0.25) is 0 Å². The van der Waals surface area contributed by atoms with Crippen molar-refractivity contribution < 1.29 is 0 Å². The van der Waals surface area contributed by atoms with Gasteiger partial charge in [-0.3, -0.25) is 0 Å². The quantitative estimate of drug-likeness (QED) is 0.878. The van der Waals surface area contributed by atoms with Gasteiger partial charge >= 0.3 is 0 Å². The monoisotopic (exact) mass is 241 g/mol. The van der Waals surface area contributed by atoms with E-state index in [1.54, 1.807) is 0 Å². The first-order chi connectivity index (χ1) is 8.60. The van der Waals surface area contributed by atoms with E-state index < -0.39 is 0 Å². The SMILES string of the molecule is CC(C)C1(N)CN(c2nccc3ccccc23)C1. The number of fused-ring (bicyclic) bond motifs is 1. The highest BCUT2D eigenvalue weighted by Gasteiger charge is 2.42. The Labute approximate surface area is 108 Å². The van der Waals surface area contributed by atoms with Gasteiger partial charge in [0.05, 0.1) is 5.54 Å². The van der Waals surface area contributed by atoms with Gasteiger partial charge < -0.3 is 10.6 Å². The van der Waals surface area contributed by atoms with Crippen LogP contribution >= 0.6 is 0 Å². The van der Waals surface area contributed by atoms with E-state index in [9.17, 15) is 0 Å². The fourth-order valence-electron chi connectivity index (χ4n) is 2.53. The van der Waals surface area contributed by atoms with Crippen molar-refractivity contribution in [3.63, 3.8) is 0 Å². The summed E-state index contributed by atoms with van der Waals surface area (Å²) in [6.45, 7) is 6.17. The summed E-state index contributed by atoms with van der Waals surface area (Å²) in [5.74, 6) is 1.57. The number of hydrogen-bond acceptors (Lipinski definition) is 3. The molecule has 0 bridgehead atoms. The number of hydrogen-bond donors (Lipinski definition) is 1. The Hall–Kier alpha value is -1.61. The van der Waals surface area contributed by atoms with Gasteiger partial charge in [0.1, 0.15) is 5.82 Å². The van der Waals surface area contributed by atoms with E-state index in [2.05, 4.69) is 54.1 Å². The Morgan fingerprint density at radius 2 is 1.94 bits per heavy atom. The van der Waals surface area contributed by atoms with E-state index in [0.717, 1.165) is 18.9 Å². The van der Waals surface area contributed by atoms with Crippen molar-refractivity contribution in [2.24, 2.45) is 11.7 Å². The van der Waals surface area contributed by atoms with Crippen LogP contribution in [0.2, 0.25) is 0 Å². The van der Waals surface area contributed by atoms with Crippen LogP contribution in [0.3, 0.4) is 0 Å². The van der Waals surface area contributed by atoms with Gasteiger partial charge in [-0.1, -0.05) is 38.1 Å². The highest BCUT2D eigenvalue weighted by atomic mass is 15.3. The zero-order chi connectivity index (χ0) is 12.8. The van der Waals surface area contributed by atoms with Crippen LogP contribution in [0.5, 0.6) is 0 Å². The Bertz CT molecular complexity index is 565. The third-order valence-corrected chi connectivity index (χ3v) is 4.07. The highest BCUT2D eigenvalue weighted by Crippen LogP contribution is 2.33. The molecule has 2 heterocycles. The first-order valence-electron chi connectivity index (χ1n) is 6.48. The molecule has 0 unspecified atom stereocenters. The minimum Gasteiger partial charge on any atom is -0.352 e. The van der Waals surface area contributed by atoms with E-state index in [1.807, 2.05) is 6.20 Å². The lowest BCUT2D eigenvalue weighted by Gasteiger charge is -2.51. The molecule has 1 aromatic carbocycles. The number of rotatable bonds is 2. The van der Waals surface area contributed by atoms with Crippen molar-refractivity contribution in [1.29, 1.82) is 0 Å². The zero-order valence-corrected chi connectivity index (χ0v) is 10.9. The topological polar surface area (TPSA) is 42.1 Å². The molecule has 0 saturated carbocycles. The molecule has 1 aliphatic rings. The first kappa shape index (κ1) is 11.5. The molecule has 3 nitrogen and oxygen atoms in total. The zero-order valence-electron chi connectivity index (χ0n) is 10.9. The molecule has 3 rings (SSSR count). The Morgan fingerprint density at radius 1 is 1.22 bits per heavy atom. The molecule has 0 radical (unpaired) electrons. The summed E-state index contributed by atoms with van der Waals surface area (Å²) < 4.78 is 0. The second kappa shape index (κ2) is 3.95. The molecule has 0 amide bonds. The van der Waals surface area contributed by atoms with Gasteiger partial charge in [-0.25, -0.2) is 4.98 Å². The number of nitrogens with zero attached hydrogens (tertiary/aromatic N) is 2. The van der Waals surface area contributed by atoms with Crippen molar-refractivity contribution >= 4 is 16.6 Å². The molecular formula is C15H19N3. The average Bonchev–Trinajstić information content (AvgIpc) is 2.34. The third kappa shape index (κ3) is 1.66. The van der Waals surface area contributed by atoms with Crippen molar-refractivity contribution in [3.8, 4) is 0 Å². The molecule has 3 heteroatoms. The number of benzene rings is 1. The van der Waals surface area contributed by atoms with Crippen molar-refractivity contribution in [2.45, 2.75) is 19.4 Å². The van der Waals surface area contributed by atoms with Crippen LogP contribution in [0.25, 0.3) is 10.8 Å². The number of aromatic nitrogens is 1. The number of nitrogens with two attached hydrogens (primary N) is 1. The molecule has 1 saturated heterocycles. The van der Waals surface area contributed by atoms with E-state index >= 15 is 0 Å². The smallest absolute Gasteiger partial charge is 0.136 e. The number of pyridine rings is 1. The Balaban J connectivity index is 1.94. The summed E-state index contributed by atoms with van der Waals surface area (Å²) in [6, 6.07) is 10.4. The Morgan fingerprint density at radius 3 is 2.67 bits per heavy atom. The minimum absolute atomic E-state index is 0.0569. The fraction of sp³-hybridized carbons (Fsp3) is 0.400.